The van der Waals surface area contributed by atoms with Crippen molar-refractivity contribution in [1.82, 2.24) is 10.2 Å². The number of nitrogens with one attached hydrogen (secondary N) is 1. The molecule has 39 heavy (non-hydrogen) atoms. The van der Waals surface area contributed by atoms with Crippen LogP contribution in [0.3, 0.4) is 0 Å². The van der Waals surface area contributed by atoms with Gasteiger partial charge in [-0.3, -0.25) is 13.9 Å². The van der Waals surface area contributed by atoms with E-state index in [1.807, 2.05) is 68.4 Å². The fraction of sp³-hybridized carbons (Fsp3) is 0.286. The molecule has 0 radical (unpaired) electrons. The number of benzene rings is 3. The summed E-state index contributed by atoms with van der Waals surface area (Å²) in [6.07, 6.45) is 1.24. The lowest BCUT2D eigenvalue weighted by molar-refractivity contribution is -0.140. The summed E-state index contributed by atoms with van der Waals surface area (Å²) < 4.78 is 27.5. The van der Waals surface area contributed by atoms with Crippen molar-refractivity contribution in [3.63, 3.8) is 0 Å². The number of anilines is 1. The molecular weight excluding hydrogens is 625 g/mol. The third-order valence-corrected chi connectivity index (χ3v) is 8.02. The SMILES string of the molecule is CC(C)NC(=O)[C@@H](Cc1ccccc1)N(Cc1ccc(Br)cc1)C(=O)CN(c1ccc(Cl)cc1Cl)S(C)(=O)=O. The predicted molar refractivity (Wildman–Crippen MR) is 161 cm³/mol. The Kier molecular flexibility index (Phi) is 10.8. The molecule has 3 aromatic rings. The van der Waals surface area contributed by atoms with Crippen LogP contribution in [0.15, 0.2) is 77.3 Å². The zero-order valence-electron chi connectivity index (χ0n) is 21.8. The highest BCUT2D eigenvalue weighted by Gasteiger charge is 2.33. The molecule has 0 unspecified atom stereocenters. The van der Waals surface area contributed by atoms with E-state index in [1.54, 1.807) is 0 Å². The number of carbonyl (C=O) groups excluding carboxylic acids is 2. The standard InChI is InChI=1S/C28H30BrCl2N3O4S/c1-19(2)32-28(36)26(15-20-7-5-4-6-8-20)33(17-21-9-11-22(29)12-10-21)27(35)18-34(39(3,37)38)25-14-13-23(30)16-24(25)31/h4-14,16,19,26H,15,17-18H2,1-3H3,(H,32,36)/t26-/m1/s1. The Morgan fingerprint density at radius 2 is 1.59 bits per heavy atom. The lowest BCUT2D eigenvalue weighted by Gasteiger charge is -2.34. The smallest absolute Gasteiger partial charge is 0.244 e. The molecule has 0 fully saturated rings. The molecule has 1 atom stereocenters. The number of nitrogens with zero attached hydrogens (tertiary/aromatic N) is 2. The molecule has 3 aromatic carbocycles. The van der Waals surface area contributed by atoms with Crippen LogP contribution in [-0.2, 0) is 32.6 Å². The summed E-state index contributed by atoms with van der Waals surface area (Å²) in [6.45, 7) is 3.20. The van der Waals surface area contributed by atoms with Crippen molar-refractivity contribution in [3.05, 3.63) is 98.4 Å². The number of amides is 2. The van der Waals surface area contributed by atoms with E-state index in [0.29, 0.717) is 5.02 Å². The molecule has 0 aromatic heterocycles. The Morgan fingerprint density at radius 3 is 2.15 bits per heavy atom. The van der Waals surface area contributed by atoms with E-state index in [9.17, 15) is 18.0 Å². The average Bonchev–Trinajstić information content (AvgIpc) is 2.85. The van der Waals surface area contributed by atoms with E-state index in [-0.39, 0.29) is 35.6 Å². The molecule has 0 saturated carbocycles. The van der Waals surface area contributed by atoms with Crippen molar-refractivity contribution < 1.29 is 18.0 Å². The van der Waals surface area contributed by atoms with Gasteiger partial charge < -0.3 is 10.2 Å². The van der Waals surface area contributed by atoms with E-state index in [1.165, 1.54) is 23.1 Å². The molecule has 0 saturated heterocycles. The second-order valence-electron chi connectivity index (χ2n) is 9.38. The molecule has 1 N–H and O–H groups in total. The summed E-state index contributed by atoms with van der Waals surface area (Å²) in [4.78, 5) is 28.9. The predicted octanol–water partition coefficient (Wildman–Crippen LogP) is 5.69. The first-order valence-corrected chi connectivity index (χ1v) is 15.6. The number of halogens is 3. The molecular formula is C28H30BrCl2N3O4S. The highest BCUT2D eigenvalue weighted by molar-refractivity contribution is 9.10. The minimum atomic E-state index is -3.93. The summed E-state index contributed by atoms with van der Waals surface area (Å²) in [5.41, 5.74) is 1.75. The van der Waals surface area contributed by atoms with Crippen LogP contribution in [0.5, 0.6) is 0 Å². The van der Waals surface area contributed by atoms with Gasteiger partial charge in [0.15, 0.2) is 0 Å². The quantitative estimate of drug-likeness (QED) is 0.288. The number of carbonyl (C=O) groups is 2. The summed E-state index contributed by atoms with van der Waals surface area (Å²) >= 11 is 15.8. The molecule has 2 amide bonds. The van der Waals surface area contributed by atoms with Crippen molar-refractivity contribution in [3.8, 4) is 0 Å². The second kappa shape index (κ2) is 13.7. The minimum absolute atomic E-state index is 0.0820. The maximum Gasteiger partial charge on any atom is 0.244 e. The van der Waals surface area contributed by atoms with Gasteiger partial charge in [0.2, 0.25) is 21.8 Å². The summed E-state index contributed by atoms with van der Waals surface area (Å²) in [7, 11) is -3.93. The van der Waals surface area contributed by atoms with Gasteiger partial charge >= 0.3 is 0 Å². The van der Waals surface area contributed by atoms with Crippen LogP contribution >= 0.6 is 39.1 Å². The maximum atomic E-state index is 14.0. The average molecular weight is 655 g/mol. The summed E-state index contributed by atoms with van der Waals surface area (Å²) in [5.74, 6) is -0.899. The molecule has 0 aliphatic rings. The minimum Gasteiger partial charge on any atom is -0.352 e. The van der Waals surface area contributed by atoms with Crippen LogP contribution in [0.4, 0.5) is 5.69 Å². The highest BCUT2D eigenvalue weighted by atomic mass is 79.9. The number of sulfonamides is 1. The summed E-state index contributed by atoms with van der Waals surface area (Å²) in [6, 6.07) is 20.0. The van der Waals surface area contributed by atoms with Crippen LogP contribution in [0.1, 0.15) is 25.0 Å². The lowest BCUT2D eigenvalue weighted by Crippen LogP contribution is -2.54. The topological polar surface area (TPSA) is 86.8 Å². The fourth-order valence-electron chi connectivity index (χ4n) is 4.00. The van der Waals surface area contributed by atoms with E-state index in [2.05, 4.69) is 21.2 Å². The van der Waals surface area contributed by atoms with E-state index in [4.69, 9.17) is 23.2 Å². The largest absolute Gasteiger partial charge is 0.352 e. The molecule has 11 heteroatoms. The Bertz CT molecular complexity index is 1400. The second-order valence-corrected chi connectivity index (χ2v) is 13.0. The van der Waals surface area contributed by atoms with Gasteiger partial charge in [0.1, 0.15) is 12.6 Å². The Balaban J connectivity index is 2.07. The molecule has 0 aliphatic heterocycles. The van der Waals surface area contributed by atoms with Crippen molar-refractivity contribution in [2.75, 3.05) is 17.1 Å². The van der Waals surface area contributed by atoms with Crippen molar-refractivity contribution in [2.24, 2.45) is 0 Å². The van der Waals surface area contributed by atoms with Gasteiger partial charge in [-0.2, -0.15) is 0 Å². The van der Waals surface area contributed by atoms with Gasteiger partial charge in [-0.05, 0) is 55.3 Å². The van der Waals surface area contributed by atoms with E-state index in [0.717, 1.165) is 26.2 Å². The van der Waals surface area contributed by atoms with Crippen LogP contribution < -0.4 is 9.62 Å². The first-order valence-electron chi connectivity index (χ1n) is 12.2. The number of hydrogen-bond acceptors (Lipinski definition) is 4. The van der Waals surface area contributed by atoms with Crippen molar-refractivity contribution >= 4 is 66.7 Å². The molecule has 0 aliphatic carbocycles. The normalized spacial score (nSPS) is 12.2. The first kappa shape index (κ1) is 30.9. The Morgan fingerprint density at radius 1 is 0.949 bits per heavy atom. The number of hydrogen-bond donors (Lipinski definition) is 1. The molecule has 0 spiro atoms. The van der Waals surface area contributed by atoms with Gasteiger partial charge in [-0.25, -0.2) is 8.42 Å². The fourth-order valence-corrected chi connectivity index (χ4v) is 5.69. The monoisotopic (exact) mass is 653 g/mol. The highest BCUT2D eigenvalue weighted by Crippen LogP contribution is 2.30. The molecule has 0 bridgehead atoms. The van der Waals surface area contributed by atoms with E-state index >= 15 is 0 Å². The van der Waals surface area contributed by atoms with Gasteiger partial charge in [0, 0.05) is 28.5 Å². The maximum absolute atomic E-state index is 14.0. The van der Waals surface area contributed by atoms with Gasteiger partial charge in [0.25, 0.3) is 0 Å². The van der Waals surface area contributed by atoms with Crippen LogP contribution in [-0.4, -0.2) is 50.0 Å². The Labute approximate surface area is 248 Å². The van der Waals surface area contributed by atoms with Crippen LogP contribution in [0, 0.1) is 0 Å². The molecule has 208 valence electrons. The molecule has 0 heterocycles. The molecule has 7 nitrogen and oxygen atoms in total. The first-order chi connectivity index (χ1) is 18.3. The zero-order chi connectivity index (χ0) is 28.7. The molecule has 3 rings (SSSR count). The van der Waals surface area contributed by atoms with Gasteiger partial charge in [-0.1, -0.05) is 81.6 Å². The van der Waals surface area contributed by atoms with Crippen LogP contribution in [0.25, 0.3) is 0 Å². The van der Waals surface area contributed by atoms with E-state index < -0.39 is 28.5 Å². The zero-order valence-corrected chi connectivity index (χ0v) is 25.7. The number of rotatable bonds is 11. The summed E-state index contributed by atoms with van der Waals surface area (Å²) in [5, 5.41) is 3.33. The Hall–Kier alpha value is -2.59. The van der Waals surface area contributed by atoms with Gasteiger partial charge in [-0.15, -0.1) is 0 Å². The van der Waals surface area contributed by atoms with Crippen LogP contribution in [0.2, 0.25) is 10.0 Å². The third kappa shape index (κ3) is 8.96. The van der Waals surface area contributed by atoms with Crippen molar-refractivity contribution in [1.29, 1.82) is 0 Å². The third-order valence-electron chi connectivity index (χ3n) is 5.83. The van der Waals surface area contributed by atoms with Gasteiger partial charge in [0.05, 0.1) is 17.0 Å². The lowest BCUT2D eigenvalue weighted by atomic mass is 10.0. The van der Waals surface area contributed by atoms with Crippen molar-refractivity contribution in [2.45, 2.75) is 38.9 Å².